The molecule has 1 unspecified atom stereocenters. The van der Waals surface area contributed by atoms with Crippen LogP contribution < -0.4 is 10.5 Å². The average Bonchev–Trinajstić information content (AvgIpc) is 2.82. The summed E-state index contributed by atoms with van der Waals surface area (Å²) in [6.07, 6.45) is 0.941. The van der Waals surface area contributed by atoms with Crippen molar-refractivity contribution in [2.75, 3.05) is 6.54 Å². The summed E-state index contributed by atoms with van der Waals surface area (Å²) >= 11 is 1.25. The number of nitrogens with one attached hydrogen (secondary N) is 1. The van der Waals surface area contributed by atoms with Crippen molar-refractivity contribution in [3.05, 3.63) is 51.9 Å². The van der Waals surface area contributed by atoms with Crippen LogP contribution in [0.5, 0.6) is 0 Å². The van der Waals surface area contributed by atoms with Crippen LogP contribution in [0.4, 0.5) is 0 Å². The molecule has 2 aromatic rings. The van der Waals surface area contributed by atoms with Gasteiger partial charge in [0.15, 0.2) is 0 Å². The molecular weight excluding hydrogens is 304 g/mol. The topological polar surface area (TPSA) is 72.2 Å². The Morgan fingerprint density at radius 1 is 1.38 bits per heavy atom. The summed E-state index contributed by atoms with van der Waals surface area (Å²) in [5.74, 6) is 0.283. The molecule has 21 heavy (non-hydrogen) atoms. The van der Waals surface area contributed by atoms with Crippen LogP contribution in [0.3, 0.4) is 0 Å². The highest BCUT2D eigenvalue weighted by Crippen LogP contribution is 2.34. The molecule has 0 radical (unpaired) electrons. The standard InChI is InChI=1S/C15H18N2O2S2/c1-10-6-15(20-14(10)8-16)21(18,19)17-9-12-7-11-4-2-3-5-13(11)12/h2-6,12,17H,7-9,16H2,1H3. The summed E-state index contributed by atoms with van der Waals surface area (Å²) in [5, 5.41) is 0. The van der Waals surface area contributed by atoms with Gasteiger partial charge in [0, 0.05) is 23.9 Å². The molecule has 1 aliphatic carbocycles. The largest absolute Gasteiger partial charge is 0.326 e. The molecule has 0 bridgehead atoms. The highest BCUT2D eigenvalue weighted by molar-refractivity contribution is 7.91. The fourth-order valence-corrected chi connectivity index (χ4v) is 5.24. The molecule has 3 N–H and O–H groups in total. The molecule has 1 heterocycles. The van der Waals surface area contributed by atoms with Gasteiger partial charge in [-0.3, -0.25) is 0 Å². The monoisotopic (exact) mass is 322 g/mol. The molecular formula is C15H18N2O2S2. The predicted octanol–water partition coefficient (Wildman–Crippen LogP) is 2.13. The van der Waals surface area contributed by atoms with Crippen LogP contribution in [0.25, 0.3) is 0 Å². The second-order valence-corrected chi connectivity index (χ2v) is 8.46. The Bertz CT molecular complexity index is 766. The van der Waals surface area contributed by atoms with Gasteiger partial charge in [-0.2, -0.15) is 0 Å². The van der Waals surface area contributed by atoms with Crippen LogP contribution in [0.15, 0.2) is 34.5 Å². The third kappa shape index (κ3) is 2.76. The minimum absolute atomic E-state index is 0.283. The van der Waals surface area contributed by atoms with Crippen LogP contribution >= 0.6 is 11.3 Å². The first kappa shape index (κ1) is 14.7. The minimum Gasteiger partial charge on any atom is -0.326 e. The van der Waals surface area contributed by atoms with Crippen LogP contribution in [0, 0.1) is 6.92 Å². The highest BCUT2D eigenvalue weighted by atomic mass is 32.2. The van der Waals surface area contributed by atoms with Crippen LogP contribution in [0.2, 0.25) is 0 Å². The van der Waals surface area contributed by atoms with Gasteiger partial charge in [0.25, 0.3) is 0 Å². The second-order valence-electron chi connectivity index (χ2n) is 5.33. The van der Waals surface area contributed by atoms with E-state index in [1.54, 1.807) is 6.07 Å². The molecule has 0 fully saturated rings. The van der Waals surface area contributed by atoms with Gasteiger partial charge in [0.05, 0.1) is 0 Å². The first-order chi connectivity index (χ1) is 10.0. The Balaban J connectivity index is 1.70. The van der Waals surface area contributed by atoms with Gasteiger partial charge >= 0.3 is 0 Å². The molecule has 0 saturated carbocycles. The van der Waals surface area contributed by atoms with Gasteiger partial charge in [-0.1, -0.05) is 24.3 Å². The number of hydrogen-bond acceptors (Lipinski definition) is 4. The molecule has 1 aliphatic rings. The quantitative estimate of drug-likeness (QED) is 0.886. The summed E-state index contributed by atoms with van der Waals surface area (Å²) in [6, 6.07) is 9.87. The number of benzene rings is 1. The van der Waals surface area contributed by atoms with Crippen molar-refractivity contribution in [1.29, 1.82) is 0 Å². The lowest BCUT2D eigenvalue weighted by atomic mass is 9.78. The fourth-order valence-electron chi connectivity index (χ4n) is 2.65. The van der Waals surface area contributed by atoms with Crippen LogP contribution in [0.1, 0.15) is 27.5 Å². The number of hydrogen-bond donors (Lipinski definition) is 2. The second kappa shape index (κ2) is 5.53. The number of nitrogens with two attached hydrogens (primary N) is 1. The van der Waals surface area contributed by atoms with Crippen molar-refractivity contribution in [3.63, 3.8) is 0 Å². The van der Waals surface area contributed by atoms with Gasteiger partial charge in [-0.05, 0) is 36.1 Å². The van der Waals surface area contributed by atoms with Crippen LogP contribution in [-0.2, 0) is 23.0 Å². The number of thiophene rings is 1. The van der Waals surface area contributed by atoms with Crippen molar-refractivity contribution in [2.24, 2.45) is 5.73 Å². The van der Waals surface area contributed by atoms with Gasteiger partial charge < -0.3 is 5.73 Å². The molecule has 6 heteroatoms. The first-order valence-electron chi connectivity index (χ1n) is 6.88. The summed E-state index contributed by atoms with van der Waals surface area (Å²) in [7, 11) is -3.43. The van der Waals surface area contributed by atoms with E-state index in [2.05, 4.69) is 16.9 Å². The van der Waals surface area contributed by atoms with Crippen molar-refractivity contribution < 1.29 is 8.42 Å². The summed E-state index contributed by atoms with van der Waals surface area (Å²) < 4.78 is 27.7. The molecule has 1 aromatic carbocycles. The van der Waals surface area contributed by atoms with Gasteiger partial charge in [-0.25, -0.2) is 13.1 Å². The van der Waals surface area contributed by atoms with Gasteiger partial charge in [-0.15, -0.1) is 11.3 Å². The lowest BCUT2D eigenvalue weighted by Crippen LogP contribution is -2.32. The lowest BCUT2D eigenvalue weighted by molar-refractivity contribution is 0.553. The molecule has 112 valence electrons. The van der Waals surface area contributed by atoms with Crippen molar-refractivity contribution in [2.45, 2.75) is 30.0 Å². The minimum atomic E-state index is -3.43. The first-order valence-corrected chi connectivity index (χ1v) is 9.18. The highest BCUT2D eigenvalue weighted by Gasteiger charge is 2.27. The number of rotatable bonds is 5. The number of sulfonamides is 1. The zero-order valence-corrected chi connectivity index (χ0v) is 13.4. The van der Waals surface area contributed by atoms with E-state index in [1.807, 2.05) is 19.1 Å². The van der Waals surface area contributed by atoms with E-state index in [0.717, 1.165) is 16.9 Å². The Morgan fingerprint density at radius 2 is 2.14 bits per heavy atom. The molecule has 1 aromatic heterocycles. The summed E-state index contributed by atoms with van der Waals surface area (Å²) in [4.78, 5) is 0.921. The molecule has 0 spiro atoms. The van der Waals surface area contributed by atoms with E-state index in [4.69, 9.17) is 5.73 Å². The van der Waals surface area contributed by atoms with E-state index < -0.39 is 10.0 Å². The zero-order chi connectivity index (χ0) is 15.0. The van der Waals surface area contributed by atoms with Crippen molar-refractivity contribution >= 4 is 21.4 Å². The molecule has 0 saturated heterocycles. The van der Waals surface area contributed by atoms with E-state index in [1.165, 1.54) is 22.5 Å². The average molecular weight is 322 g/mol. The van der Waals surface area contributed by atoms with E-state index in [0.29, 0.717) is 17.3 Å². The van der Waals surface area contributed by atoms with Gasteiger partial charge in [0.2, 0.25) is 10.0 Å². The number of aryl methyl sites for hydroxylation is 1. The normalized spacial score (nSPS) is 17.3. The molecule has 4 nitrogen and oxygen atoms in total. The van der Waals surface area contributed by atoms with E-state index in [-0.39, 0.29) is 5.92 Å². The predicted molar refractivity (Wildman–Crippen MR) is 85.0 cm³/mol. The Kier molecular flexibility index (Phi) is 3.88. The number of fused-ring (bicyclic) bond motifs is 1. The van der Waals surface area contributed by atoms with Gasteiger partial charge in [0.1, 0.15) is 4.21 Å². The fraction of sp³-hybridized carbons (Fsp3) is 0.333. The maximum atomic E-state index is 12.3. The lowest BCUT2D eigenvalue weighted by Gasteiger charge is -2.30. The maximum Gasteiger partial charge on any atom is 0.250 e. The third-order valence-corrected chi connectivity index (χ3v) is 7.09. The zero-order valence-electron chi connectivity index (χ0n) is 11.8. The van der Waals surface area contributed by atoms with Crippen molar-refractivity contribution in [1.82, 2.24) is 4.72 Å². The molecule has 0 amide bonds. The van der Waals surface area contributed by atoms with Crippen LogP contribution in [-0.4, -0.2) is 15.0 Å². The Morgan fingerprint density at radius 3 is 2.81 bits per heavy atom. The summed E-state index contributed by atoms with van der Waals surface area (Å²) in [5.41, 5.74) is 9.12. The summed E-state index contributed by atoms with van der Waals surface area (Å²) in [6.45, 7) is 2.72. The SMILES string of the molecule is Cc1cc(S(=O)(=O)NCC2Cc3ccccc32)sc1CN. The molecule has 1 atom stereocenters. The molecule has 3 rings (SSSR count). The van der Waals surface area contributed by atoms with E-state index in [9.17, 15) is 8.42 Å². The Labute approximate surface area is 129 Å². The molecule has 0 aliphatic heterocycles. The smallest absolute Gasteiger partial charge is 0.250 e. The van der Waals surface area contributed by atoms with Crippen molar-refractivity contribution in [3.8, 4) is 0 Å². The maximum absolute atomic E-state index is 12.3. The Hall–Kier alpha value is -1.21. The van der Waals surface area contributed by atoms with E-state index >= 15 is 0 Å². The third-order valence-electron chi connectivity index (χ3n) is 3.93.